The van der Waals surface area contributed by atoms with Crippen LogP contribution >= 0.6 is 11.6 Å². The van der Waals surface area contributed by atoms with Gasteiger partial charge in [-0.15, -0.1) is 0 Å². The molecule has 0 aliphatic carbocycles. The SMILES string of the molecule is O=C(Nc1ccc(Cl)c(-c2ccccn2)c1)c1ccc(C(=O)N2CCOCC2)nc1. The maximum absolute atomic E-state index is 12.6. The van der Waals surface area contributed by atoms with E-state index >= 15 is 0 Å². The highest BCUT2D eigenvalue weighted by molar-refractivity contribution is 6.33. The van der Waals surface area contributed by atoms with Gasteiger partial charge in [-0.2, -0.15) is 0 Å². The first-order valence-electron chi connectivity index (χ1n) is 9.47. The third-order valence-corrected chi connectivity index (χ3v) is 5.04. The molecule has 152 valence electrons. The maximum atomic E-state index is 12.6. The van der Waals surface area contributed by atoms with Crippen molar-refractivity contribution in [3.63, 3.8) is 0 Å². The van der Waals surface area contributed by atoms with Crippen molar-refractivity contribution in [2.24, 2.45) is 0 Å². The van der Waals surface area contributed by atoms with Crippen LogP contribution in [0.5, 0.6) is 0 Å². The van der Waals surface area contributed by atoms with Crippen LogP contribution in [0.25, 0.3) is 11.3 Å². The zero-order chi connectivity index (χ0) is 20.9. The van der Waals surface area contributed by atoms with Gasteiger partial charge in [0, 0.05) is 36.7 Å². The standard InChI is InChI=1S/C22H19ClN4O3/c23-18-6-5-16(13-17(18)19-3-1-2-8-24-19)26-21(28)15-4-7-20(25-14-15)22(29)27-9-11-30-12-10-27/h1-8,13-14H,9-12H2,(H,26,28). The fourth-order valence-electron chi connectivity index (χ4n) is 3.11. The van der Waals surface area contributed by atoms with E-state index in [0.717, 1.165) is 5.56 Å². The molecule has 2 aromatic heterocycles. The van der Waals surface area contributed by atoms with Gasteiger partial charge in [-0.1, -0.05) is 17.7 Å². The summed E-state index contributed by atoms with van der Waals surface area (Å²) in [6, 6.07) is 13.9. The van der Waals surface area contributed by atoms with Crippen LogP contribution in [0.15, 0.2) is 60.9 Å². The van der Waals surface area contributed by atoms with Crippen molar-refractivity contribution in [1.82, 2.24) is 14.9 Å². The minimum absolute atomic E-state index is 0.164. The number of halogens is 1. The fraction of sp³-hybridized carbons (Fsp3) is 0.182. The topological polar surface area (TPSA) is 84.4 Å². The van der Waals surface area contributed by atoms with Gasteiger partial charge >= 0.3 is 0 Å². The molecule has 0 radical (unpaired) electrons. The number of carbonyl (C=O) groups is 2. The van der Waals surface area contributed by atoms with Gasteiger partial charge in [-0.05, 0) is 42.5 Å². The van der Waals surface area contributed by atoms with Gasteiger partial charge in [-0.3, -0.25) is 19.6 Å². The van der Waals surface area contributed by atoms with Crippen molar-refractivity contribution in [2.45, 2.75) is 0 Å². The number of nitrogens with zero attached hydrogens (tertiary/aromatic N) is 3. The molecule has 0 atom stereocenters. The Kier molecular flexibility index (Phi) is 6.02. The van der Waals surface area contributed by atoms with E-state index in [1.54, 1.807) is 41.4 Å². The number of nitrogens with one attached hydrogen (secondary N) is 1. The van der Waals surface area contributed by atoms with Gasteiger partial charge in [0.2, 0.25) is 0 Å². The number of hydrogen-bond acceptors (Lipinski definition) is 5. The summed E-state index contributed by atoms with van der Waals surface area (Å²) in [7, 11) is 0. The van der Waals surface area contributed by atoms with Gasteiger partial charge in [0.15, 0.2) is 0 Å². The van der Waals surface area contributed by atoms with Gasteiger partial charge in [-0.25, -0.2) is 0 Å². The minimum atomic E-state index is -0.331. The average molecular weight is 423 g/mol. The molecule has 0 spiro atoms. The van der Waals surface area contributed by atoms with Crippen LogP contribution in [0, 0.1) is 0 Å². The van der Waals surface area contributed by atoms with Crippen molar-refractivity contribution in [3.8, 4) is 11.3 Å². The second kappa shape index (κ2) is 9.02. The summed E-state index contributed by atoms with van der Waals surface area (Å²) in [5.74, 6) is -0.495. The van der Waals surface area contributed by atoms with E-state index in [9.17, 15) is 9.59 Å². The number of amides is 2. The fourth-order valence-corrected chi connectivity index (χ4v) is 3.32. The molecule has 2 amide bonds. The van der Waals surface area contributed by atoms with Crippen molar-refractivity contribution < 1.29 is 14.3 Å². The highest BCUT2D eigenvalue weighted by atomic mass is 35.5. The van der Waals surface area contributed by atoms with Crippen LogP contribution in [0.4, 0.5) is 5.69 Å². The second-order valence-electron chi connectivity index (χ2n) is 6.70. The summed E-state index contributed by atoms with van der Waals surface area (Å²) in [4.78, 5) is 35.2. The Labute approximate surface area is 178 Å². The van der Waals surface area contributed by atoms with Crippen LogP contribution in [0.2, 0.25) is 5.02 Å². The third-order valence-electron chi connectivity index (χ3n) is 4.71. The highest BCUT2D eigenvalue weighted by Crippen LogP contribution is 2.29. The molecule has 1 fully saturated rings. The molecular formula is C22H19ClN4O3. The summed E-state index contributed by atoms with van der Waals surface area (Å²) in [6.07, 6.45) is 3.08. The van der Waals surface area contributed by atoms with E-state index in [1.165, 1.54) is 6.20 Å². The van der Waals surface area contributed by atoms with Crippen molar-refractivity contribution in [1.29, 1.82) is 0 Å². The van der Waals surface area contributed by atoms with Crippen molar-refractivity contribution >= 4 is 29.1 Å². The zero-order valence-corrected chi connectivity index (χ0v) is 16.8. The Morgan fingerprint density at radius 3 is 2.57 bits per heavy atom. The number of benzene rings is 1. The number of pyridine rings is 2. The molecule has 4 rings (SSSR count). The van der Waals surface area contributed by atoms with Gasteiger partial charge in [0.05, 0.1) is 29.5 Å². The summed E-state index contributed by atoms with van der Waals surface area (Å²) >= 11 is 6.29. The van der Waals surface area contributed by atoms with Crippen molar-refractivity contribution in [2.75, 3.05) is 31.6 Å². The predicted octanol–water partition coefficient (Wildman–Crippen LogP) is 3.52. The first-order valence-corrected chi connectivity index (χ1v) is 9.85. The summed E-state index contributed by atoms with van der Waals surface area (Å²) < 4.78 is 5.26. The molecule has 0 bridgehead atoms. The number of morpholine rings is 1. The second-order valence-corrected chi connectivity index (χ2v) is 7.11. The molecule has 1 aliphatic heterocycles. The lowest BCUT2D eigenvalue weighted by Gasteiger charge is -2.26. The summed E-state index contributed by atoms with van der Waals surface area (Å²) in [5, 5.41) is 3.37. The molecule has 3 heterocycles. The number of hydrogen-bond donors (Lipinski definition) is 1. The normalized spacial score (nSPS) is 13.7. The van der Waals surface area contributed by atoms with Gasteiger partial charge in [0.25, 0.3) is 11.8 Å². The molecule has 8 heteroatoms. The molecule has 7 nitrogen and oxygen atoms in total. The number of carbonyl (C=O) groups excluding carboxylic acids is 2. The van der Waals surface area contributed by atoms with Crippen LogP contribution in [-0.2, 0) is 4.74 Å². The van der Waals surface area contributed by atoms with Gasteiger partial charge in [0.1, 0.15) is 5.69 Å². The molecular weight excluding hydrogens is 404 g/mol. The van der Waals surface area contributed by atoms with E-state index in [4.69, 9.17) is 16.3 Å². The maximum Gasteiger partial charge on any atom is 0.272 e. The van der Waals surface area contributed by atoms with Crippen LogP contribution in [0.3, 0.4) is 0 Å². The molecule has 30 heavy (non-hydrogen) atoms. The minimum Gasteiger partial charge on any atom is -0.378 e. The Hall–Kier alpha value is -3.29. The van der Waals surface area contributed by atoms with E-state index in [2.05, 4.69) is 15.3 Å². The number of anilines is 1. The third kappa shape index (κ3) is 4.48. The number of rotatable bonds is 4. The molecule has 1 saturated heterocycles. The van der Waals surface area contributed by atoms with E-state index in [1.807, 2.05) is 18.2 Å². The molecule has 1 N–H and O–H groups in total. The smallest absolute Gasteiger partial charge is 0.272 e. The molecule has 1 aromatic carbocycles. The lowest BCUT2D eigenvalue weighted by molar-refractivity contribution is 0.0299. The van der Waals surface area contributed by atoms with Gasteiger partial charge < -0.3 is 15.0 Å². The van der Waals surface area contributed by atoms with E-state index in [0.29, 0.717) is 54.0 Å². The Morgan fingerprint density at radius 1 is 1.03 bits per heavy atom. The Bertz CT molecular complexity index is 1050. The first-order chi connectivity index (χ1) is 14.6. The summed E-state index contributed by atoms with van der Waals surface area (Å²) in [5.41, 5.74) is 2.67. The summed E-state index contributed by atoms with van der Waals surface area (Å²) in [6.45, 7) is 2.12. The monoisotopic (exact) mass is 422 g/mol. The molecule has 1 aliphatic rings. The highest BCUT2D eigenvalue weighted by Gasteiger charge is 2.20. The lowest BCUT2D eigenvalue weighted by Crippen LogP contribution is -2.41. The molecule has 3 aromatic rings. The lowest BCUT2D eigenvalue weighted by atomic mass is 10.1. The largest absolute Gasteiger partial charge is 0.378 e. The van der Waals surface area contributed by atoms with Crippen molar-refractivity contribution in [3.05, 3.63) is 77.2 Å². The Balaban J connectivity index is 1.47. The van der Waals surface area contributed by atoms with E-state index < -0.39 is 0 Å². The van der Waals surface area contributed by atoms with Crippen LogP contribution in [0.1, 0.15) is 20.8 Å². The number of aromatic nitrogens is 2. The predicted molar refractivity (Wildman–Crippen MR) is 114 cm³/mol. The van der Waals surface area contributed by atoms with E-state index in [-0.39, 0.29) is 11.8 Å². The average Bonchev–Trinajstić information content (AvgIpc) is 2.81. The zero-order valence-electron chi connectivity index (χ0n) is 16.0. The van der Waals surface area contributed by atoms with Crippen LogP contribution in [-0.4, -0.2) is 53.0 Å². The quantitative estimate of drug-likeness (QED) is 0.695. The van der Waals surface area contributed by atoms with Crippen LogP contribution < -0.4 is 5.32 Å². The molecule has 0 saturated carbocycles. The first kappa shape index (κ1) is 20.0. The number of ether oxygens (including phenoxy) is 1. The Morgan fingerprint density at radius 2 is 1.87 bits per heavy atom. The molecule has 0 unspecified atom stereocenters.